The number of hydrogen-bond acceptors (Lipinski definition) is 3. The summed E-state index contributed by atoms with van der Waals surface area (Å²) < 4.78 is 26.1. The van der Waals surface area contributed by atoms with Crippen LogP contribution in [0.4, 0.5) is 0 Å². The van der Waals surface area contributed by atoms with Crippen LogP contribution in [0.15, 0.2) is 17.5 Å². The molecule has 1 aromatic rings. The van der Waals surface area contributed by atoms with Gasteiger partial charge in [0.1, 0.15) is 0 Å². The Morgan fingerprint density at radius 1 is 1.47 bits per heavy atom. The molecule has 1 heterocycles. The molecule has 0 saturated carbocycles. The fourth-order valence-corrected chi connectivity index (χ4v) is 3.06. The van der Waals surface area contributed by atoms with E-state index in [1.807, 2.05) is 24.4 Å². The summed E-state index contributed by atoms with van der Waals surface area (Å²) in [5.41, 5.74) is 0. The van der Waals surface area contributed by atoms with Gasteiger partial charge in [0, 0.05) is 4.88 Å². The van der Waals surface area contributed by atoms with Crippen LogP contribution in [0.5, 0.6) is 0 Å². The van der Waals surface area contributed by atoms with Crippen molar-refractivity contribution in [3.63, 3.8) is 0 Å². The normalized spacial score (nSPS) is 14.4. The molecular formula is C10H17NO2S2. The van der Waals surface area contributed by atoms with Crippen molar-refractivity contribution in [2.75, 3.05) is 0 Å². The second-order valence-corrected chi connectivity index (χ2v) is 6.94. The second kappa shape index (κ2) is 5.09. The lowest BCUT2D eigenvalue weighted by Crippen LogP contribution is -2.33. The standard InChI is InChI=1S/C10H17NO2S2/c1-4-9(10-6-5-7-14-10)11-15(12,13)8(2)3/h5-9,11H,4H2,1-3H3. The first-order chi connectivity index (χ1) is 6.97. The molecular weight excluding hydrogens is 230 g/mol. The lowest BCUT2D eigenvalue weighted by Gasteiger charge is -2.17. The Morgan fingerprint density at radius 2 is 2.13 bits per heavy atom. The minimum Gasteiger partial charge on any atom is -0.212 e. The Bertz CT molecular complexity index is 382. The molecule has 0 aliphatic heterocycles. The van der Waals surface area contributed by atoms with Crippen molar-refractivity contribution in [1.82, 2.24) is 4.72 Å². The molecule has 15 heavy (non-hydrogen) atoms. The summed E-state index contributed by atoms with van der Waals surface area (Å²) in [6.07, 6.45) is 0.770. The van der Waals surface area contributed by atoms with Gasteiger partial charge in [-0.1, -0.05) is 13.0 Å². The molecule has 1 unspecified atom stereocenters. The van der Waals surface area contributed by atoms with Gasteiger partial charge in [0.05, 0.1) is 11.3 Å². The molecule has 0 aliphatic carbocycles. The van der Waals surface area contributed by atoms with Crippen molar-refractivity contribution in [2.45, 2.75) is 38.5 Å². The molecule has 0 amide bonds. The lowest BCUT2D eigenvalue weighted by molar-refractivity contribution is 0.545. The Balaban J connectivity index is 2.80. The van der Waals surface area contributed by atoms with Gasteiger partial charge in [-0.25, -0.2) is 13.1 Å². The van der Waals surface area contributed by atoms with E-state index in [4.69, 9.17) is 0 Å². The molecule has 0 aromatic carbocycles. The van der Waals surface area contributed by atoms with Crippen LogP contribution in [0.2, 0.25) is 0 Å². The maximum absolute atomic E-state index is 11.7. The summed E-state index contributed by atoms with van der Waals surface area (Å²) in [4.78, 5) is 1.07. The van der Waals surface area contributed by atoms with Crippen LogP contribution < -0.4 is 4.72 Å². The van der Waals surface area contributed by atoms with Crippen LogP contribution >= 0.6 is 11.3 Å². The molecule has 0 spiro atoms. The third-order valence-electron chi connectivity index (χ3n) is 2.22. The molecule has 1 N–H and O–H groups in total. The van der Waals surface area contributed by atoms with Gasteiger partial charge >= 0.3 is 0 Å². The first-order valence-electron chi connectivity index (χ1n) is 5.02. The largest absolute Gasteiger partial charge is 0.214 e. The molecule has 3 nitrogen and oxygen atoms in total. The maximum atomic E-state index is 11.7. The van der Waals surface area contributed by atoms with Gasteiger partial charge < -0.3 is 0 Å². The molecule has 5 heteroatoms. The summed E-state index contributed by atoms with van der Waals surface area (Å²) in [5, 5.41) is 1.58. The molecule has 1 aromatic heterocycles. The van der Waals surface area contributed by atoms with Crippen LogP contribution in [0, 0.1) is 0 Å². The van der Waals surface area contributed by atoms with Crippen molar-refractivity contribution in [3.8, 4) is 0 Å². The minimum atomic E-state index is -3.18. The fraction of sp³-hybridized carbons (Fsp3) is 0.600. The molecule has 0 bridgehead atoms. The molecule has 0 fully saturated rings. The zero-order chi connectivity index (χ0) is 11.5. The first kappa shape index (κ1) is 12.7. The van der Waals surface area contributed by atoms with Crippen LogP contribution in [0.1, 0.15) is 38.1 Å². The zero-order valence-corrected chi connectivity index (χ0v) is 10.9. The number of thiophene rings is 1. The highest BCUT2D eigenvalue weighted by Gasteiger charge is 2.21. The highest BCUT2D eigenvalue weighted by molar-refractivity contribution is 7.90. The van der Waals surface area contributed by atoms with E-state index in [1.165, 1.54) is 0 Å². The van der Waals surface area contributed by atoms with E-state index in [9.17, 15) is 8.42 Å². The van der Waals surface area contributed by atoms with E-state index in [0.29, 0.717) is 0 Å². The average molecular weight is 247 g/mol. The van der Waals surface area contributed by atoms with E-state index in [-0.39, 0.29) is 11.3 Å². The second-order valence-electron chi connectivity index (χ2n) is 3.69. The summed E-state index contributed by atoms with van der Waals surface area (Å²) in [6.45, 7) is 5.35. The van der Waals surface area contributed by atoms with Crippen LogP contribution in [-0.4, -0.2) is 13.7 Å². The van der Waals surface area contributed by atoms with E-state index >= 15 is 0 Å². The first-order valence-corrected chi connectivity index (χ1v) is 7.44. The number of sulfonamides is 1. The van der Waals surface area contributed by atoms with Gasteiger partial charge in [-0.2, -0.15) is 0 Å². The van der Waals surface area contributed by atoms with E-state index in [2.05, 4.69) is 4.72 Å². The average Bonchev–Trinajstić information content (AvgIpc) is 2.66. The molecule has 0 aliphatic rings. The van der Waals surface area contributed by atoms with E-state index in [1.54, 1.807) is 25.2 Å². The maximum Gasteiger partial charge on any atom is 0.214 e. The Hall–Kier alpha value is -0.390. The van der Waals surface area contributed by atoms with Crippen molar-refractivity contribution >= 4 is 21.4 Å². The van der Waals surface area contributed by atoms with Gasteiger partial charge in [-0.05, 0) is 31.7 Å². The fourth-order valence-electron chi connectivity index (χ4n) is 1.17. The van der Waals surface area contributed by atoms with E-state index < -0.39 is 10.0 Å². The van der Waals surface area contributed by atoms with Gasteiger partial charge in [0.25, 0.3) is 0 Å². The van der Waals surface area contributed by atoms with Crippen LogP contribution in [-0.2, 0) is 10.0 Å². The van der Waals surface area contributed by atoms with Crippen molar-refractivity contribution in [3.05, 3.63) is 22.4 Å². The molecule has 86 valence electrons. The quantitative estimate of drug-likeness (QED) is 0.869. The lowest BCUT2D eigenvalue weighted by atomic mass is 10.2. The van der Waals surface area contributed by atoms with Crippen molar-refractivity contribution in [1.29, 1.82) is 0 Å². The summed E-state index contributed by atoms with van der Waals surface area (Å²) in [6, 6.07) is 3.81. The summed E-state index contributed by atoms with van der Waals surface area (Å²) in [5.74, 6) is 0. The van der Waals surface area contributed by atoms with Gasteiger partial charge in [0.2, 0.25) is 10.0 Å². The minimum absolute atomic E-state index is 0.0857. The third-order valence-corrected chi connectivity index (χ3v) is 5.06. The number of rotatable bonds is 5. The molecule has 1 rings (SSSR count). The van der Waals surface area contributed by atoms with Crippen molar-refractivity contribution in [2.24, 2.45) is 0 Å². The number of hydrogen-bond donors (Lipinski definition) is 1. The van der Waals surface area contributed by atoms with Crippen LogP contribution in [0.25, 0.3) is 0 Å². The van der Waals surface area contributed by atoms with Gasteiger partial charge in [-0.15, -0.1) is 11.3 Å². The SMILES string of the molecule is CCC(NS(=O)(=O)C(C)C)c1cccs1. The Kier molecular flexibility index (Phi) is 4.31. The van der Waals surface area contributed by atoms with E-state index in [0.717, 1.165) is 11.3 Å². The third kappa shape index (κ3) is 3.29. The summed E-state index contributed by atoms with van der Waals surface area (Å²) >= 11 is 1.58. The topological polar surface area (TPSA) is 46.2 Å². The Morgan fingerprint density at radius 3 is 2.53 bits per heavy atom. The monoisotopic (exact) mass is 247 g/mol. The molecule has 0 saturated heterocycles. The predicted octanol–water partition coefficient (Wildman–Crippen LogP) is 2.53. The smallest absolute Gasteiger partial charge is 0.212 e. The highest BCUT2D eigenvalue weighted by atomic mass is 32.2. The zero-order valence-electron chi connectivity index (χ0n) is 9.23. The van der Waals surface area contributed by atoms with Crippen molar-refractivity contribution < 1.29 is 8.42 Å². The van der Waals surface area contributed by atoms with Crippen LogP contribution in [0.3, 0.4) is 0 Å². The number of nitrogens with one attached hydrogen (secondary N) is 1. The van der Waals surface area contributed by atoms with Gasteiger partial charge in [-0.3, -0.25) is 0 Å². The Labute approximate surface area is 95.6 Å². The highest BCUT2D eigenvalue weighted by Crippen LogP contribution is 2.22. The van der Waals surface area contributed by atoms with Gasteiger partial charge in [0.15, 0.2) is 0 Å². The molecule has 0 radical (unpaired) electrons. The molecule has 1 atom stereocenters. The predicted molar refractivity (Wildman–Crippen MR) is 64.5 cm³/mol. The summed E-state index contributed by atoms with van der Waals surface area (Å²) in [7, 11) is -3.18.